The van der Waals surface area contributed by atoms with Gasteiger partial charge in [0.2, 0.25) is 0 Å². The van der Waals surface area contributed by atoms with Gasteiger partial charge in [-0.3, -0.25) is 9.69 Å². The molecular formula is C19H28N2O3. The lowest BCUT2D eigenvalue weighted by atomic mass is 9.63. The Bertz CT molecular complexity index is 539. The number of ether oxygens (including phenoxy) is 1. The van der Waals surface area contributed by atoms with Gasteiger partial charge in [0.05, 0.1) is 12.4 Å². The Hall–Kier alpha value is -1.33. The maximum absolute atomic E-state index is 12.4. The van der Waals surface area contributed by atoms with Crippen molar-refractivity contribution in [2.24, 2.45) is 5.41 Å². The summed E-state index contributed by atoms with van der Waals surface area (Å²) in [5.74, 6) is 0.475. The molecule has 5 heteroatoms. The van der Waals surface area contributed by atoms with Crippen LogP contribution in [0, 0.1) is 5.41 Å². The molecule has 3 fully saturated rings. The third-order valence-electron chi connectivity index (χ3n) is 6.14. The number of piperazine rings is 1. The van der Waals surface area contributed by atoms with Crippen LogP contribution in [0.2, 0.25) is 0 Å². The lowest BCUT2D eigenvalue weighted by molar-refractivity contribution is -0.118. The van der Waals surface area contributed by atoms with Crippen molar-refractivity contribution in [3.63, 3.8) is 0 Å². The van der Waals surface area contributed by atoms with Crippen LogP contribution in [0.5, 0.6) is 0 Å². The van der Waals surface area contributed by atoms with E-state index in [1.165, 1.54) is 38.5 Å². The molecule has 2 aliphatic heterocycles. The van der Waals surface area contributed by atoms with E-state index < -0.39 is 0 Å². The molecule has 132 valence electrons. The highest BCUT2D eigenvalue weighted by molar-refractivity contribution is 5.91. The van der Waals surface area contributed by atoms with E-state index >= 15 is 0 Å². The average molecular weight is 332 g/mol. The molecule has 3 heterocycles. The van der Waals surface area contributed by atoms with Gasteiger partial charge in [-0.1, -0.05) is 6.42 Å². The van der Waals surface area contributed by atoms with Gasteiger partial charge in [0.1, 0.15) is 0 Å². The van der Waals surface area contributed by atoms with Gasteiger partial charge in [-0.25, -0.2) is 0 Å². The predicted molar refractivity (Wildman–Crippen MR) is 90.9 cm³/mol. The molecule has 0 radical (unpaired) electrons. The second-order valence-electron chi connectivity index (χ2n) is 7.62. The fourth-order valence-electron chi connectivity index (χ4n) is 4.55. The van der Waals surface area contributed by atoms with Crippen molar-refractivity contribution >= 4 is 5.91 Å². The summed E-state index contributed by atoms with van der Waals surface area (Å²) >= 11 is 0. The van der Waals surface area contributed by atoms with Crippen LogP contribution < -0.4 is 0 Å². The van der Waals surface area contributed by atoms with Gasteiger partial charge in [-0.15, -0.1) is 0 Å². The maximum Gasteiger partial charge on any atom is 0.289 e. The van der Waals surface area contributed by atoms with E-state index in [0.29, 0.717) is 17.3 Å². The van der Waals surface area contributed by atoms with Crippen LogP contribution in [0.1, 0.15) is 49.1 Å². The summed E-state index contributed by atoms with van der Waals surface area (Å²) in [7, 11) is 0. The Kier molecular flexibility index (Phi) is 4.63. The summed E-state index contributed by atoms with van der Waals surface area (Å²) in [6.45, 7) is 5.59. The Morgan fingerprint density at radius 2 is 2.00 bits per heavy atom. The minimum absolute atomic E-state index is 0.0219. The topological polar surface area (TPSA) is 45.9 Å². The molecule has 1 amide bonds. The second kappa shape index (κ2) is 6.89. The van der Waals surface area contributed by atoms with Crippen molar-refractivity contribution in [3.05, 3.63) is 24.2 Å². The molecule has 0 bridgehead atoms. The zero-order chi connectivity index (χ0) is 16.4. The summed E-state index contributed by atoms with van der Waals surface area (Å²) in [5, 5.41) is 0. The van der Waals surface area contributed by atoms with Gasteiger partial charge in [0.15, 0.2) is 5.76 Å². The standard InChI is InChI=1S/C19H28N2O3/c22-18(16-5-3-14-23-16)21-11-9-20(10-12-21)15-19(7-4-8-19)17-6-1-2-13-24-17/h3,5,14,17H,1-2,4,6-13,15H2. The molecule has 0 spiro atoms. The Balaban J connectivity index is 1.31. The van der Waals surface area contributed by atoms with E-state index in [1.807, 2.05) is 4.90 Å². The molecular weight excluding hydrogens is 304 g/mol. The van der Waals surface area contributed by atoms with Crippen LogP contribution >= 0.6 is 0 Å². The van der Waals surface area contributed by atoms with Crippen molar-refractivity contribution in [1.29, 1.82) is 0 Å². The molecule has 1 unspecified atom stereocenters. The highest BCUT2D eigenvalue weighted by Crippen LogP contribution is 2.48. The monoisotopic (exact) mass is 332 g/mol. The fraction of sp³-hybridized carbons (Fsp3) is 0.737. The highest BCUT2D eigenvalue weighted by atomic mass is 16.5. The van der Waals surface area contributed by atoms with Crippen LogP contribution in [-0.2, 0) is 4.74 Å². The van der Waals surface area contributed by atoms with Gasteiger partial charge in [0, 0.05) is 44.7 Å². The minimum atomic E-state index is 0.0219. The number of carbonyl (C=O) groups is 1. The number of amides is 1. The lowest BCUT2D eigenvalue weighted by Crippen LogP contribution is -2.56. The summed E-state index contributed by atoms with van der Waals surface area (Å²) in [4.78, 5) is 16.8. The van der Waals surface area contributed by atoms with E-state index in [1.54, 1.807) is 18.4 Å². The maximum atomic E-state index is 12.4. The third kappa shape index (κ3) is 3.11. The first-order valence-electron chi connectivity index (χ1n) is 9.44. The molecule has 2 saturated heterocycles. The molecule has 1 atom stereocenters. The first kappa shape index (κ1) is 16.2. The largest absolute Gasteiger partial charge is 0.459 e. The fourth-order valence-corrected chi connectivity index (χ4v) is 4.55. The molecule has 1 aromatic rings. The van der Waals surface area contributed by atoms with Crippen molar-refractivity contribution in [1.82, 2.24) is 9.80 Å². The number of hydrogen-bond donors (Lipinski definition) is 0. The number of carbonyl (C=O) groups excluding carboxylic acids is 1. The smallest absolute Gasteiger partial charge is 0.289 e. The lowest BCUT2D eigenvalue weighted by Gasteiger charge is -2.52. The first-order valence-corrected chi connectivity index (χ1v) is 9.44. The van der Waals surface area contributed by atoms with Crippen LogP contribution in [-0.4, -0.2) is 61.1 Å². The normalized spacial score (nSPS) is 27.7. The first-order chi connectivity index (χ1) is 11.8. The van der Waals surface area contributed by atoms with Crippen LogP contribution in [0.4, 0.5) is 0 Å². The quantitative estimate of drug-likeness (QED) is 0.850. The average Bonchev–Trinajstić information content (AvgIpc) is 3.13. The summed E-state index contributed by atoms with van der Waals surface area (Å²) in [6, 6.07) is 3.52. The second-order valence-corrected chi connectivity index (χ2v) is 7.62. The molecule has 4 rings (SSSR count). The van der Waals surface area contributed by atoms with Crippen molar-refractivity contribution in [2.45, 2.75) is 44.6 Å². The zero-order valence-corrected chi connectivity index (χ0v) is 14.4. The van der Waals surface area contributed by atoms with E-state index in [2.05, 4.69) is 4.90 Å². The van der Waals surface area contributed by atoms with E-state index in [-0.39, 0.29) is 5.91 Å². The molecule has 0 N–H and O–H groups in total. The Morgan fingerprint density at radius 3 is 2.58 bits per heavy atom. The van der Waals surface area contributed by atoms with Gasteiger partial charge < -0.3 is 14.1 Å². The number of rotatable bonds is 4. The van der Waals surface area contributed by atoms with Crippen LogP contribution in [0.25, 0.3) is 0 Å². The van der Waals surface area contributed by atoms with E-state index in [4.69, 9.17) is 9.15 Å². The zero-order valence-electron chi connectivity index (χ0n) is 14.4. The number of nitrogens with zero attached hydrogens (tertiary/aromatic N) is 2. The molecule has 5 nitrogen and oxygen atoms in total. The van der Waals surface area contributed by atoms with E-state index in [9.17, 15) is 4.79 Å². The van der Waals surface area contributed by atoms with Crippen molar-refractivity contribution < 1.29 is 13.9 Å². The SMILES string of the molecule is O=C(c1ccco1)N1CCN(CC2(C3CCCCO3)CCC2)CC1. The highest BCUT2D eigenvalue weighted by Gasteiger charge is 2.46. The summed E-state index contributed by atoms with van der Waals surface area (Å²) in [6.07, 6.45) is 9.76. The van der Waals surface area contributed by atoms with Gasteiger partial charge in [-0.05, 0) is 44.2 Å². The Morgan fingerprint density at radius 1 is 1.17 bits per heavy atom. The minimum Gasteiger partial charge on any atom is -0.459 e. The summed E-state index contributed by atoms with van der Waals surface area (Å²) < 4.78 is 11.4. The van der Waals surface area contributed by atoms with Gasteiger partial charge >= 0.3 is 0 Å². The van der Waals surface area contributed by atoms with Crippen LogP contribution in [0.3, 0.4) is 0 Å². The molecule has 0 aromatic carbocycles. The molecule has 1 aromatic heterocycles. The molecule has 3 aliphatic rings. The third-order valence-corrected chi connectivity index (χ3v) is 6.14. The molecule has 1 aliphatic carbocycles. The Labute approximate surface area is 143 Å². The van der Waals surface area contributed by atoms with Crippen molar-refractivity contribution in [3.8, 4) is 0 Å². The molecule has 24 heavy (non-hydrogen) atoms. The predicted octanol–water partition coefficient (Wildman–Crippen LogP) is 2.78. The van der Waals surface area contributed by atoms with Gasteiger partial charge in [-0.2, -0.15) is 0 Å². The van der Waals surface area contributed by atoms with Crippen LogP contribution in [0.15, 0.2) is 22.8 Å². The molecule has 1 saturated carbocycles. The van der Waals surface area contributed by atoms with E-state index in [0.717, 1.165) is 39.3 Å². The number of hydrogen-bond acceptors (Lipinski definition) is 4. The number of furan rings is 1. The van der Waals surface area contributed by atoms with Crippen molar-refractivity contribution in [2.75, 3.05) is 39.3 Å². The summed E-state index contributed by atoms with van der Waals surface area (Å²) in [5.41, 5.74) is 0.383. The van der Waals surface area contributed by atoms with Gasteiger partial charge in [0.25, 0.3) is 5.91 Å².